The number of aliphatic hydroxyl groups is 1. The molecule has 2 aromatic carbocycles. The molecule has 4 atom stereocenters. The molecule has 1 spiro atoms. The van der Waals surface area contributed by atoms with Crippen LogP contribution in [0.1, 0.15) is 52.5 Å². The second-order valence-corrected chi connectivity index (χ2v) is 17.7. The van der Waals surface area contributed by atoms with Crippen molar-refractivity contribution in [1.29, 1.82) is 0 Å². The van der Waals surface area contributed by atoms with E-state index in [0.717, 1.165) is 34.3 Å². The number of hydrogen-bond donors (Lipinski definition) is 1. The Bertz CT molecular complexity index is 1280. The predicted octanol–water partition coefficient (Wildman–Crippen LogP) is 7.10. The van der Waals surface area contributed by atoms with E-state index in [9.17, 15) is 9.90 Å². The fourth-order valence-corrected chi connectivity index (χ4v) is 11.2. The maximum absolute atomic E-state index is 14.5. The maximum Gasteiger partial charge on any atom is 0.264 e. The first-order valence-electron chi connectivity index (χ1n) is 14.3. The number of allylic oxidation sites excluding steroid dienone is 3. The monoisotopic (exact) mass is 625 g/mol. The molecule has 5 nitrogen and oxygen atoms in total. The molecule has 216 valence electrons. The average Bonchev–Trinajstić information content (AvgIpc) is 3.33. The lowest BCUT2D eigenvalue weighted by Gasteiger charge is -2.37. The Morgan fingerprint density at radius 3 is 2.48 bits per heavy atom. The summed E-state index contributed by atoms with van der Waals surface area (Å²) in [5.74, 6) is 0.768. The molecule has 2 aliphatic heterocycles. The summed E-state index contributed by atoms with van der Waals surface area (Å²) >= 11 is 3.66. The maximum atomic E-state index is 14.5. The smallest absolute Gasteiger partial charge is 0.264 e. The van der Waals surface area contributed by atoms with Crippen LogP contribution in [0.3, 0.4) is 0 Å². The quantitative estimate of drug-likeness (QED) is 0.226. The summed E-state index contributed by atoms with van der Waals surface area (Å²) in [6, 6.07) is 14.5. The minimum Gasteiger partial charge on any atom is -0.497 e. The van der Waals surface area contributed by atoms with Crippen molar-refractivity contribution in [2.24, 2.45) is 5.92 Å². The van der Waals surface area contributed by atoms with Crippen molar-refractivity contribution in [2.75, 3.05) is 25.2 Å². The number of halogens is 1. The number of fused-ring (bicyclic) bond motifs is 2. The number of nitrogens with zero attached hydrogens (tertiary/aromatic N) is 1. The molecule has 2 heterocycles. The van der Waals surface area contributed by atoms with Crippen LogP contribution in [0.5, 0.6) is 5.75 Å². The first-order valence-corrected chi connectivity index (χ1v) is 18.2. The van der Waals surface area contributed by atoms with Gasteiger partial charge in [-0.15, -0.1) is 0 Å². The molecule has 4 rings (SSSR count). The first-order chi connectivity index (χ1) is 19.0. The van der Waals surface area contributed by atoms with Crippen LogP contribution in [0.4, 0.5) is 5.69 Å². The van der Waals surface area contributed by atoms with Crippen molar-refractivity contribution in [1.82, 2.24) is 0 Å². The van der Waals surface area contributed by atoms with Crippen molar-refractivity contribution >= 4 is 40.8 Å². The van der Waals surface area contributed by atoms with Gasteiger partial charge in [0.25, 0.3) is 5.91 Å². The van der Waals surface area contributed by atoms with Gasteiger partial charge in [0.15, 0.2) is 5.60 Å². The third-order valence-corrected chi connectivity index (χ3v) is 13.8. The van der Waals surface area contributed by atoms with E-state index in [1.54, 1.807) is 7.11 Å². The third-order valence-electron chi connectivity index (χ3n) is 8.92. The highest BCUT2D eigenvalue weighted by atomic mass is 79.9. The fourth-order valence-electron chi connectivity index (χ4n) is 6.80. The second kappa shape index (κ2) is 12.4. The van der Waals surface area contributed by atoms with Crippen molar-refractivity contribution in [3.05, 3.63) is 75.8 Å². The van der Waals surface area contributed by atoms with Gasteiger partial charge < -0.3 is 19.5 Å². The van der Waals surface area contributed by atoms with Crippen molar-refractivity contribution in [3.8, 4) is 5.75 Å². The molecule has 7 heteroatoms. The van der Waals surface area contributed by atoms with Gasteiger partial charge >= 0.3 is 0 Å². The zero-order valence-electron chi connectivity index (χ0n) is 25.0. The normalized spacial score (nSPS) is 24.5. The molecule has 0 saturated carbocycles. The molecule has 0 unspecified atom stereocenters. The SMILES string of the molecule is COc1ccc([Si](C)(C)[C@H]2[C@H](CCO)O[C@@]3(C(=O)N(C/C=C(\C)CCC=C(C)C)c4ccc(Br)cc43)[C@@H]2C)cc1. The van der Waals surface area contributed by atoms with Crippen LogP contribution in [0.2, 0.25) is 18.6 Å². The number of anilines is 1. The number of hydrogen-bond acceptors (Lipinski definition) is 4. The number of ether oxygens (including phenoxy) is 2. The predicted molar refractivity (Wildman–Crippen MR) is 170 cm³/mol. The fraction of sp³-hybridized carbons (Fsp3) is 0.485. The number of amides is 1. The summed E-state index contributed by atoms with van der Waals surface area (Å²) in [5.41, 5.74) is 3.49. The van der Waals surface area contributed by atoms with Gasteiger partial charge in [0.2, 0.25) is 0 Å². The first kappa shape index (κ1) is 30.8. The summed E-state index contributed by atoms with van der Waals surface area (Å²) in [5, 5.41) is 11.4. The lowest BCUT2D eigenvalue weighted by Crippen LogP contribution is -2.51. The van der Waals surface area contributed by atoms with Crippen LogP contribution < -0.4 is 14.8 Å². The van der Waals surface area contributed by atoms with Gasteiger partial charge in [-0.2, -0.15) is 0 Å². The van der Waals surface area contributed by atoms with Crippen LogP contribution in [-0.2, 0) is 15.1 Å². The molecule has 40 heavy (non-hydrogen) atoms. The molecule has 0 aromatic heterocycles. The largest absolute Gasteiger partial charge is 0.497 e. The Morgan fingerprint density at radius 2 is 1.85 bits per heavy atom. The second-order valence-electron chi connectivity index (χ2n) is 12.1. The Kier molecular flexibility index (Phi) is 9.50. The van der Waals surface area contributed by atoms with E-state index < -0.39 is 13.7 Å². The van der Waals surface area contributed by atoms with Crippen LogP contribution in [0, 0.1) is 5.92 Å². The molecular weight excluding hydrogens is 582 g/mol. The standard InChI is InChI=1S/C33H44BrNO4Si/c1-22(2)9-8-10-23(3)17-19-35-29-16-11-25(34)21-28(29)33(32(35)37)24(4)31(30(39-33)18-20-36)40(6,7)27-14-12-26(38-5)13-15-27/h9,11-17,21,24,30-31,36H,8,10,18-20H2,1-7H3/b23-17+/t24-,30+,31-,33+/m1/s1. The van der Waals surface area contributed by atoms with E-state index >= 15 is 0 Å². The summed E-state index contributed by atoms with van der Waals surface area (Å²) < 4.78 is 13.3. The number of carbonyl (C=O) groups is 1. The van der Waals surface area contributed by atoms with E-state index in [4.69, 9.17) is 9.47 Å². The summed E-state index contributed by atoms with van der Waals surface area (Å²) in [7, 11) is -0.499. The van der Waals surface area contributed by atoms with Crippen LogP contribution in [-0.4, -0.2) is 45.5 Å². The topological polar surface area (TPSA) is 59.0 Å². The van der Waals surface area contributed by atoms with Gasteiger partial charge in [-0.1, -0.05) is 76.6 Å². The Hall–Kier alpha value is -2.19. The minimum atomic E-state index is -2.18. The third kappa shape index (κ3) is 5.63. The molecule has 0 aliphatic carbocycles. The Morgan fingerprint density at radius 1 is 1.15 bits per heavy atom. The zero-order valence-corrected chi connectivity index (χ0v) is 27.5. The van der Waals surface area contributed by atoms with Gasteiger partial charge in [-0.25, -0.2) is 0 Å². The van der Waals surface area contributed by atoms with Gasteiger partial charge in [-0.3, -0.25) is 4.79 Å². The molecule has 0 radical (unpaired) electrons. The Balaban J connectivity index is 1.73. The molecule has 0 bridgehead atoms. The summed E-state index contributed by atoms with van der Waals surface area (Å²) in [6.45, 7) is 13.8. The molecule has 1 saturated heterocycles. The summed E-state index contributed by atoms with van der Waals surface area (Å²) in [6.07, 6.45) is 6.69. The van der Waals surface area contributed by atoms with Crippen molar-refractivity contribution in [2.45, 2.75) is 77.3 Å². The number of carbonyl (C=O) groups excluding carboxylic acids is 1. The molecule has 1 amide bonds. The van der Waals surface area contributed by atoms with Crippen LogP contribution in [0.25, 0.3) is 0 Å². The van der Waals surface area contributed by atoms with E-state index in [1.165, 1.54) is 16.3 Å². The highest BCUT2D eigenvalue weighted by molar-refractivity contribution is 9.10. The molecule has 1 N–H and O–H groups in total. The van der Waals surface area contributed by atoms with Gasteiger partial charge in [0, 0.05) is 29.1 Å². The molecule has 2 aromatic rings. The van der Waals surface area contributed by atoms with Crippen LogP contribution >= 0.6 is 15.9 Å². The number of benzene rings is 2. The van der Waals surface area contributed by atoms with E-state index in [0.29, 0.717) is 13.0 Å². The Labute approximate surface area is 249 Å². The minimum absolute atomic E-state index is 0.00594. The highest BCUT2D eigenvalue weighted by Gasteiger charge is 2.66. The zero-order chi connectivity index (χ0) is 29.2. The van der Waals surface area contributed by atoms with Gasteiger partial charge in [-0.05, 0) is 75.9 Å². The molecule has 1 fully saturated rings. The molecule has 2 aliphatic rings. The molecular formula is C33H44BrNO4Si. The summed E-state index contributed by atoms with van der Waals surface area (Å²) in [4.78, 5) is 16.5. The highest BCUT2D eigenvalue weighted by Crippen LogP contribution is 2.60. The van der Waals surface area contributed by atoms with Crippen LogP contribution in [0.15, 0.2) is 70.2 Å². The van der Waals surface area contributed by atoms with E-state index in [-0.39, 0.29) is 30.1 Å². The number of aliphatic hydroxyl groups excluding tert-OH is 1. The average molecular weight is 627 g/mol. The van der Waals surface area contributed by atoms with Gasteiger partial charge in [0.05, 0.1) is 27.0 Å². The van der Waals surface area contributed by atoms with Crippen molar-refractivity contribution in [3.63, 3.8) is 0 Å². The van der Waals surface area contributed by atoms with E-state index in [2.05, 4.69) is 87.1 Å². The number of methoxy groups -OCH3 is 1. The van der Waals surface area contributed by atoms with E-state index in [1.807, 2.05) is 29.2 Å². The lowest BCUT2D eigenvalue weighted by molar-refractivity contribution is -0.146. The lowest BCUT2D eigenvalue weighted by atomic mass is 9.82. The van der Waals surface area contributed by atoms with Crippen molar-refractivity contribution < 1.29 is 19.4 Å². The van der Waals surface area contributed by atoms with Gasteiger partial charge in [0.1, 0.15) is 5.75 Å². The number of rotatable bonds is 10.